The van der Waals surface area contributed by atoms with Crippen molar-refractivity contribution in [2.75, 3.05) is 0 Å². The standard InChI is InChI=1S/C14H12ClFN2O3/c1-7(2)9-6-18(17-12(13(9)19)14(20)21)11-4-3-8(16)5-10(11)15/h3-7H,1-2H3,(H,20,21). The topological polar surface area (TPSA) is 72.2 Å². The monoisotopic (exact) mass is 310 g/mol. The molecule has 1 heterocycles. The molecule has 0 aliphatic heterocycles. The Hall–Kier alpha value is -2.21. The van der Waals surface area contributed by atoms with Crippen LogP contribution in [0.5, 0.6) is 0 Å². The van der Waals surface area contributed by atoms with E-state index in [0.29, 0.717) is 11.3 Å². The van der Waals surface area contributed by atoms with Crippen molar-refractivity contribution >= 4 is 17.6 Å². The number of hydrogen-bond acceptors (Lipinski definition) is 3. The third kappa shape index (κ3) is 2.95. The van der Waals surface area contributed by atoms with Crippen molar-refractivity contribution in [2.45, 2.75) is 19.8 Å². The Morgan fingerprint density at radius 3 is 2.62 bits per heavy atom. The van der Waals surface area contributed by atoms with Gasteiger partial charge in [-0.1, -0.05) is 25.4 Å². The van der Waals surface area contributed by atoms with Crippen LogP contribution in [-0.2, 0) is 0 Å². The highest BCUT2D eigenvalue weighted by Gasteiger charge is 2.19. The van der Waals surface area contributed by atoms with Crippen LogP contribution in [0, 0.1) is 5.82 Å². The van der Waals surface area contributed by atoms with Crippen LogP contribution in [0.1, 0.15) is 35.8 Å². The first-order chi connectivity index (χ1) is 9.81. The van der Waals surface area contributed by atoms with Crippen LogP contribution in [0.25, 0.3) is 5.69 Å². The maximum atomic E-state index is 13.1. The van der Waals surface area contributed by atoms with E-state index in [2.05, 4.69) is 5.10 Å². The lowest BCUT2D eigenvalue weighted by Crippen LogP contribution is -2.25. The summed E-state index contributed by atoms with van der Waals surface area (Å²) in [6.07, 6.45) is 1.42. The quantitative estimate of drug-likeness (QED) is 0.946. The minimum absolute atomic E-state index is 0.0668. The molecule has 7 heteroatoms. The van der Waals surface area contributed by atoms with Crippen molar-refractivity contribution in [3.63, 3.8) is 0 Å². The molecule has 1 aromatic carbocycles. The number of carboxylic acids is 1. The third-order valence-corrected chi connectivity index (χ3v) is 3.23. The van der Waals surface area contributed by atoms with Crippen molar-refractivity contribution in [1.29, 1.82) is 0 Å². The lowest BCUT2D eigenvalue weighted by atomic mass is 10.0. The molecule has 0 atom stereocenters. The maximum absolute atomic E-state index is 13.1. The van der Waals surface area contributed by atoms with Crippen molar-refractivity contribution in [2.24, 2.45) is 0 Å². The first-order valence-corrected chi connectivity index (χ1v) is 6.51. The molecule has 0 amide bonds. The number of aromatic carboxylic acids is 1. The van der Waals surface area contributed by atoms with Gasteiger partial charge >= 0.3 is 5.97 Å². The maximum Gasteiger partial charge on any atom is 0.360 e. The van der Waals surface area contributed by atoms with Gasteiger partial charge in [-0.05, 0) is 24.1 Å². The van der Waals surface area contributed by atoms with Gasteiger partial charge in [-0.2, -0.15) is 5.10 Å². The molecule has 0 radical (unpaired) electrons. The van der Waals surface area contributed by atoms with Crippen molar-refractivity contribution in [1.82, 2.24) is 9.78 Å². The van der Waals surface area contributed by atoms with E-state index in [9.17, 15) is 14.0 Å². The number of benzene rings is 1. The fourth-order valence-electron chi connectivity index (χ4n) is 1.85. The normalized spacial score (nSPS) is 10.9. The predicted octanol–water partition coefficient (Wildman–Crippen LogP) is 2.85. The molecular formula is C14H12ClFN2O3. The molecule has 0 aliphatic carbocycles. The number of nitrogens with zero attached hydrogens (tertiary/aromatic N) is 2. The third-order valence-electron chi connectivity index (χ3n) is 2.93. The SMILES string of the molecule is CC(C)c1cn(-c2ccc(F)cc2Cl)nc(C(=O)O)c1=O. The van der Waals surface area contributed by atoms with Gasteiger partial charge in [0.05, 0.1) is 10.7 Å². The second-order valence-corrected chi connectivity index (χ2v) is 5.17. The van der Waals surface area contributed by atoms with Gasteiger partial charge in [0.1, 0.15) is 5.82 Å². The zero-order chi connectivity index (χ0) is 15.7. The Labute approximate surface area is 124 Å². The molecule has 0 saturated carbocycles. The molecule has 0 unspecified atom stereocenters. The second kappa shape index (κ2) is 5.65. The number of rotatable bonds is 3. The molecule has 21 heavy (non-hydrogen) atoms. The summed E-state index contributed by atoms with van der Waals surface area (Å²) in [5.41, 5.74) is -0.640. The van der Waals surface area contributed by atoms with Crippen molar-refractivity contribution in [3.8, 4) is 5.69 Å². The number of hydrogen-bond donors (Lipinski definition) is 1. The molecule has 1 aromatic heterocycles. The molecule has 2 aromatic rings. The summed E-state index contributed by atoms with van der Waals surface area (Å²) in [4.78, 5) is 23.2. The molecule has 0 spiro atoms. The molecule has 2 rings (SSSR count). The Morgan fingerprint density at radius 2 is 2.10 bits per heavy atom. The van der Waals surface area contributed by atoms with Gasteiger partial charge < -0.3 is 5.11 Å². The lowest BCUT2D eigenvalue weighted by molar-refractivity contribution is 0.0686. The number of aromatic nitrogens is 2. The van der Waals surface area contributed by atoms with Crippen molar-refractivity contribution < 1.29 is 14.3 Å². The number of halogens is 2. The van der Waals surface area contributed by atoms with E-state index in [-0.39, 0.29) is 10.9 Å². The second-order valence-electron chi connectivity index (χ2n) is 4.76. The van der Waals surface area contributed by atoms with E-state index >= 15 is 0 Å². The molecule has 0 saturated heterocycles. The van der Waals surface area contributed by atoms with Crippen LogP contribution >= 0.6 is 11.6 Å². The summed E-state index contributed by atoms with van der Waals surface area (Å²) in [6, 6.07) is 3.63. The van der Waals surface area contributed by atoms with Crippen molar-refractivity contribution in [3.05, 3.63) is 56.7 Å². The molecule has 110 valence electrons. The van der Waals surface area contributed by atoms with E-state index in [0.717, 1.165) is 6.07 Å². The Bertz CT molecular complexity index is 771. The van der Waals surface area contributed by atoms with Crippen LogP contribution in [0.4, 0.5) is 4.39 Å². The molecule has 0 aliphatic rings. The summed E-state index contributed by atoms with van der Waals surface area (Å²) < 4.78 is 14.3. The van der Waals surface area contributed by atoms with E-state index in [1.54, 1.807) is 13.8 Å². The lowest BCUT2D eigenvalue weighted by Gasteiger charge is -2.12. The highest BCUT2D eigenvalue weighted by Crippen LogP contribution is 2.21. The fourth-order valence-corrected chi connectivity index (χ4v) is 2.10. The largest absolute Gasteiger partial charge is 0.476 e. The summed E-state index contributed by atoms with van der Waals surface area (Å²) in [5.74, 6) is -2.13. The van der Waals surface area contributed by atoms with E-state index in [4.69, 9.17) is 16.7 Å². The fraction of sp³-hybridized carbons (Fsp3) is 0.214. The molecule has 1 N–H and O–H groups in total. The van der Waals surface area contributed by atoms with Gasteiger partial charge in [0.25, 0.3) is 0 Å². The van der Waals surface area contributed by atoms with Crippen LogP contribution in [0.3, 0.4) is 0 Å². The highest BCUT2D eigenvalue weighted by molar-refractivity contribution is 6.32. The summed E-state index contributed by atoms with van der Waals surface area (Å²) in [7, 11) is 0. The Morgan fingerprint density at radius 1 is 1.43 bits per heavy atom. The highest BCUT2D eigenvalue weighted by atomic mass is 35.5. The molecular weight excluding hydrogens is 299 g/mol. The number of carboxylic acid groups (broad SMARTS) is 1. The van der Waals surface area contributed by atoms with Crippen LogP contribution in [-0.4, -0.2) is 20.9 Å². The van der Waals surface area contributed by atoms with Gasteiger partial charge in [-0.15, -0.1) is 0 Å². The van der Waals surface area contributed by atoms with Gasteiger partial charge in [0.15, 0.2) is 0 Å². The minimum Gasteiger partial charge on any atom is -0.476 e. The van der Waals surface area contributed by atoms with E-state index in [1.807, 2.05) is 0 Å². The summed E-state index contributed by atoms with van der Waals surface area (Å²) >= 11 is 5.94. The summed E-state index contributed by atoms with van der Waals surface area (Å²) in [6.45, 7) is 3.53. The smallest absolute Gasteiger partial charge is 0.360 e. The molecule has 0 fully saturated rings. The van der Waals surface area contributed by atoms with Gasteiger partial charge in [0, 0.05) is 11.8 Å². The zero-order valence-electron chi connectivity index (χ0n) is 11.3. The molecule has 0 bridgehead atoms. The minimum atomic E-state index is -1.42. The number of carbonyl (C=O) groups is 1. The first-order valence-electron chi connectivity index (χ1n) is 6.14. The average Bonchev–Trinajstić information content (AvgIpc) is 2.38. The molecule has 5 nitrogen and oxygen atoms in total. The van der Waals surface area contributed by atoms with Gasteiger partial charge in [-0.25, -0.2) is 13.9 Å². The van der Waals surface area contributed by atoms with Gasteiger partial charge in [-0.3, -0.25) is 4.79 Å². The van der Waals surface area contributed by atoms with Crippen LogP contribution in [0.15, 0.2) is 29.2 Å². The van der Waals surface area contributed by atoms with Crippen LogP contribution in [0.2, 0.25) is 5.02 Å². The predicted molar refractivity (Wildman–Crippen MR) is 75.9 cm³/mol. The van der Waals surface area contributed by atoms with E-state index in [1.165, 1.54) is 23.0 Å². The van der Waals surface area contributed by atoms with Crippen LogP contribution < -0.4 is 5.43 Å². The average molecular weight is 311 g/mol. The summed E-state index contributed by atoms with van der Waals surface area (Å²) in [5, 5.41) is 12.9. The van der Waals surface area contributed by atoms with Gasteiger partial charge in [0.2, 0.25) is 11.1 Å². The Kier molecular flexibility index (Phi) is 4.09. The van der Waals surface area contributed by atoms with E-state index < -0.39 is 22.9 Å². The first kappa shape index (κ1) is 15.2. The Balaban J connectivity index is 2.75. The zero-order valence-corrected chi connectivity index (χ0v) is 12.1.